The van der Waals surface area contributed by atoms with Crippen molar-refractivity contribution in [2.24, 2.45) is 0 Å². The lowest BCUT2D eigenvalue weighted by atomic mass is 9.99. The number of benzene rings is 1. The molecule has 2 aliphatic heterocycles. The van der Waals surface area contributed by atoms with Crippen LogP contribution < -0.4 is 29.9 Å². The molecule has 1 fully saturated rings. The number of nitrogens with one attached hydrogen (secondary N) is 2. The molecule has 2 aliphatic rings. The van der Waals surface area contributed by atoms with Gasteiger partial charge in [0, 0.05) is 45.5 Å². The first-order valence-corrected chi connectivity index (χ1v) is 12.3. The molecule has 0 unspecified atom stereocenters. The molecule has 0 radical (unpaired) electrons. The Balaban J connectivity index is 1.30. The highest BCUT2D eigenvalue weighted by Gasteiger charge is 2.22. The summed E-state index contributed by atoms with van der Waals surface area (Å²) in [5.41, 5.74) is 4.26. The lowest BCUT2D eigenvalue weighted by Gasteiger charge is -2.30. The number of hydrogen-bond donors (Lipinski definition) is 2. The van der Waals surface area contributed by atoms with E-state index in [2.05, 4.69) is 37.6 Å². The second-order valence-corrected chi connectivity index (χ2v) is 9.43. The molecule has 1 amide bonds. The van der Waals surface area contributed by atoms with Crippen molar-refractivity contribution in [3.63, 3.8) is 0 Å². The van der Waals surface area contributed by atoms with Crippen molar-refractivity contribution in [1.29, 1.82) is 0 Å². The summed E-state index contributed by atoms with van der Waals surface area (Å²) in [7, 11) is 3.32. The van der Waals surface area contributed by atoms with Gasteiger partial charge in [0.25, 0.3) is 5.91 Å². The number of anilines is 3. The Kier molecular flexibility index (Phi) is 6.55. The highest BCUT2D eigenvalue weighted by atomic mass is 32.1. The van der Waals surface area contributed by atoms with Crippen LogP contribution in [-0.4, -0.2) is 57.8 Å². The monoisotopic (exact) mass is 479 g/mol. The van der Waals surface area contributed by atoms with Gasteiger partial charge in [-0.2, -0.15) is 0 Å². The number of aromatic nitrogens is 1. The van der Waals surface area contributed by atoms with Crippen LogP contribution >= 0.6 is 11.3 Å². The van der Waals surface area contributed by atoms with Crippen LogP contribution in [0.1, 0.15) is 20.8 Å². The molecule has 2 N–H and O–H groups in total. The zero-order valence-electron chi connectivity index (χ0n) is 19.5. The first-order valence-electron chi connectivity index (χ1n) is 11.5. The van der Waals surface area contributed by atoms with Crippen LogP contribution in [0.15, 0.2) is 42.7 Å². The van der Waals surface area contributed by atoms with Gasteiger partial charge in [0.1, 0.15) is 0 Å². The first kappa shape index (κ1) is 22.5. The molecule has 8 nitrogen and oxygen atoms in total. The van der Waals surface area contributed by atoms with Gasteiger partial charge in [-0.3, -0.25) is 9.78 Å². The summed E-state index contributed by atoms with van der Waals surface area (Å²) in [4.78, 5) is 22.6. The van der Waals surface area contributed by atoms with Crippen LogP contribution in [0.4, 0.5) is 16.4 Å². The first-order chi connectivity index (χ1) is 16.7. The van der Waals surface area contributed by atoms with Gasteiger partial charge in [0.15, 0.2) is 11.5 Å². The normalized spacial score (nSPS) is 15.6. The number of nitrogens with zero attached hydrogens (tertiary/aromatic N) is 3. The number of carbonyl (C=O) groups excluding carboxylic acids is 1. The number of ether oxygens (including phenoxy) is 2. The molecular formula is C25H29N5O3S. The van der Waals surface area contributed by atoms with Crippen LogP contribution in [0.3, 0.4) is 0 Å². The summed E-state index contributed by atoms with van der Waals surface area (Å²) in [5.74, 6) is 1.40. The molecule has 0 atom stereocenters. The molecule has 0 aliphatic carbocycles. The Morgan fingerprint density at radius 2 is 1.79 bits per heavy atom. The number of amides is 1. The minimum Gasteiger partial charge on any atom is -0.493 e. The van der Waals surface area contributed by atoms with Gasteiger partial charge >= 0.3 is 0 Å². The fraction of sp³-hybridized carbons (Fsp3) is 0.360. The molecule has 1 aromatic carbocycles. The van der Waals surface area contributed by atoms with E-state index in [4.69, 9.17) is 9.47 Å². The van der Waals surface area contributed by atoms with Crippen molar-refractivity contribution >= 4 is 33.6 Å². The number of thiophene rings is 1. The van der Waals surface area contributed by atoms with Crippen LogP contribution in [0.25, 0.3) is 0 Å². The molecule has 0 saturated carbocycles. The summed E-state index contributed by atoms with van der Waals surface area (Å²) in [5, 5.41) is 7.53. The van der Waals surface area contributed by atoms with Crippen molar-refractivity contribution < 1.29 is 14.3 Å². The van der Waals surface area contributed by atoms with Gasteiger partial charge in [-0.25, -0.2) is 0 Å². The standard InChI is InChI=1S/C25H29N5O3S/c1-32-21-13-17-6-10-30(16-18(17)14-22(21)33-2)24-4-3-23(34-24)25(31)28-19-15-27-7-5-20(19)29-11-8-26-9-12-29/h3-5,7,13-15,26H,6,8-12,16H2,1-2H3,(H,28,31). The number of carbonyl (C=O) groups is 1. The summed E-state index contributed by atoms with van der Waals surface area (Å²) < 4.78 is 10.9. The van der Waals surface area contributed by atoms with Crippen molar-refractivity contribution in [1.82, 2.24) is 10.3 Å². The van der Waals surface area contributed by atoms with E-state index in [9.17, 15) is 4.79 Å². The van der Waals surface area contributed by atoms with Gasteiger partial charge in [-0.05, 0) is 47.9 Å². The second-order valence-electron chi connectivity index (χ2n) is 8.37. The minimum atomic E-state index is -0.107. The lowest BCUT2D eigenvalue weighted by molar-refractivity contribution is 0.103. The maximum atomic E-state index is 13.1. The fourth-order valence-corrected chi connectivity index (χ4v) is 5.47. The number of fused-ring (bicyclic) bond motifs is 1. The summed E-state index contributed by atoms with van der Waals surface area (Å²) >= 11 is 1.51. The van der Waals surface area contributed by atoms with Gasteiger partial charge in [-0.15, -0.1) is 11.3 Å². The zero-order valence-corrected chi connectivity index (χ0v) is 20.3. The highest BCUT2D eigenvalue weighted by Crippen LogP contribution is 2.36. The average molecular weight is 480 g/mol. The maximum absolute atomic E-state index is 13.1. The summed E-state index contributed by atoms with van der Waals surface area (Å²) in [6.45, 7) is 5.34. The van der Waals surface area contributed by atoms with Gasteiger partial charge in [0.2, 0.25) is 0 Å². The van der Waals surface area contributed by atoms with E-state index in [-0.39, 0.29) is 5.91 Å². The van der Waals surface area contributed by atoms with E-state index in [1.54, 1.807) is 26.6 Å². The molecule has 178 valence electrons. The van der Waals surface area contributed by atoms with E-state index >= 15 is 0 Å². The molecule has 5 rings (SSSR count). The van der Waals surface area contributed by atoms with Crippen molar-refractivity contribution in [2.45, 2.75) is 13.0 Å². The van der Waals surface area contributed by atoms with E-state index in [0.717, 1.165) is 73.6 Å². The van der Waals surface area contributed by atoms with Crippen LogP contribution in [-0.2, 0) is 13.0 Å². The Morgan fingerprint density at radius 3 is 2.56 bits per heavy atom. The third-order valence-electron chi connectivity index (χ3n) is 6.35. The Hall–Kier alpha value is -3.30. The van der Waals surface area contributed by atoms with Gasteiger partial charge in [-0.1, -0.05) is 0 Å². The van der Waals surface area contributed by atoms with E-state index < -0.39 is 0 Å². The summed E-state index contributed by atoms with van der Waals surface area (Å²) in [6, 6.07) is 10.0. The second kappa shape index (κ2) is 9.90. The smallest absolute Gasteiger partial charge is 0.265 e. The summed E-state index contributed by atoms with van der Waals surface area (Å²) in [6.07, 6.45) is 4.42. The predicted molar refractivity (Wildman–Crippen MR) is 136 cm³/mol. The number of pyridine rings is 1. The van der Waals surface area contributed by atoms with Gasteiger partial charge in [0.05, 0.1) is 41.7 Å². The number of hydrogen-bond acceptors (Lipinski definition) is 8. The van der Waals surface area contributed by atoms with Crippen molar-refractivity contribution in [2.75, 3.05) is 62.1 Å². The molecular weight excluding hydrogens is 450 g/mol. The third-order valence-corrected chi connectivity index (χ3v) is 7.49. The maximum Gasteiger partial charge on any atom is 0.265 e. The topological polar surface area (TPSA) is 79.0 Å². The fourth-order valence-electron chi connectivity index (χ4n) is 4.54. The van der Waals surface area contributed by atoms with Crippen molar-refractivity contribution in [3.05, 3.63) is 58.7 Å². The molecule has 2 aromatic heterocycles. The molecule has 34 heavy (non-hydrogen) atoms. The molecule has 9 heteroatoms. The molecule has 0 spiro atoms. The van der Waals surface area contributed by atoms with Crippen LogP contribution in [0.5, 0.6) is 11.5 Å². The third kappa shape index (κ3) is 4.53. The number of methoxy groups -OCH3 is 2. The Morgan fingerprint density at radius 1 is 1.03 bits per heavy atom. The highest BCUT2D eigenvalue weighted by molar-refractivity contribution is 7.18. The molecule has 0 bridgehead atoms. The predicted octanol–water partition coefficient (Wildman–Crippen LogP) is 3.38. The van der Waals surface area contributed by atoms with E-state index in [0.29, 0.717) is 4.88 Å². The van der Waals surface area contributed by atoms with Crippen LogP contribution in [0, 0.1) is 0 Å². The van der Waals surface area contributed by atoms with E-state index in [1.807, 2.05) is 18.2 Å². The Labute approximate surface area is 203 Å². The van der Waals surface area contributed by atoms with Crippen molar-refractivity contribution in [3.8, 4) is 11.5 Å². The average Bonchev–Trinajstić information content (AvgIpc) is 3.39. The van der Waals surface area contributed by atoms with Crippen LogP contribution in [0.2, 0.25) is 0 Å². The largest absolute Gasteiger partial charge is 0.493 e. The molecule has 3 aromatic rings. The number of rotatable bonds is 6. The number of piperazine rings is 1. The zero-order chi connectivity index (χ0) is 23.5. The SMILES string of the molecule is COc1cc2c(cc1OC)CN(c1ccc(C(=O)Nc3cnccc3N3CCNCC3)s1)CC2. The molecule has 4 heterocycles. The molecule has 1 saturated heterocycles. The quantitative estimate of drug-likeness (QED) is 0.561. The lowest BCUT2D eigenvalue weighted by Crippen LogP contribution is -2.43. The minimum absolute atomic E-state index is 0.107. The Bertz CT molecular complexity index is 1180. The van der Waals surface area contributed by atoms with E-state index in [1.165, 1.54) is 22.5 Å². The van der Waals surface area contributed by atoms with Gasteiger partial charge < -0.3 is 29.9 Å².